The standard InChI is InChI=1S/C15H19N7O/c1-21(9-10-4-2-6-17-10)12-8-13-18-14(11-5-3-7-23-11)20-22(13)15(16)19-12/h3,5,7-8,10,17H,2,4,6,9H2,1H3,(H2,16,19). The molecule has 0 amide bonds. The highest BCUT2D eigenvalue weighted by Crippen LogP contribution is 2.21. The molecule has 0 spiro atoms. The fraction of sp³-hybridized carbons (Fsp3) is 0.400. The van der Waals surface area contributed by atoms with Gasteiger partial charge in [0.05, 0.1) is 6.26 Å². The van der Waals surface area contributed by atoms with Crippen LogP contribution in [0.25, 0.3) is 17.2 Å². The van der Waals surface area contributed by atoms with Gasteiger partial charge in [-0.3, -0.25) is 0 Å². The van der Waals surface area contributed by atoms with Crippen LogP contribution in [-0.4, -0.2) is 45.8 Å². The molecule has 8 heteroatoms. The third-order valence-electron chi connectivity index (χ3n) is 4.13. The van der Waals surface area contributed by atoms with Crippen LogP contribution in [0.1, 0.15) is 12.8 Å². The van der Waals surface area contributed by atoms with E-state index in [1.54, 1.807) is 12.3 Å². The number of furan rings is 1. The van der Waals surface area contributed by atoms with E-state index in [-0.39, 0.29) is 0 Å². The number of nitrogens with one attached hydrogen (secondary N) is 1. The summed E-state index contributed by atoms with van der Waals surface area (Å²) in [6, 6.07) is 6.01. The van der Waals surface area contributed by atoms with E-state index in [4.69, 9.17) is 10.2 Å². The average Bonchev–Trinajstić information content (AvgIpc) is 3.27. The van der Waals surface area contributed by atoms with Gasteiger partial charge in [-0.05, 0) is 31.5 Å². The summed E-state index contributed by atoms with van der Waals surface area (Å²) in [4.78, 5) is 11.0. The van der Waals surface area contributed by atoms with Crippen LogP contribution in [0.2, 0.25) is 0 Å². The summed E-state index contributed by atoms with van der Waals surface area (Å²) in [7, 11) is 2.02. The number of anilines is 2. The van der Waals surface area contributed by atoms with Crippen molar-refractivity contribution in [2.75, 3.05) is 30.8 Å². The number of hydrogen-bond acceptors (Lipinski definition) is 7. The highest BCUT2D eigenvalue weighted by Gasteiger charge is 2.18. The van der Waals surface area contributed by atoms with Gasteiger partial charge in [0.2, 0.25) is 11.8 Å². The molecular formula is C15H19N7O. The van der Waals surface area contributed by atoms with E-state index in [2.05, 4.69) is 25.3 Å². The second-order valence-corrected chi connectivity index (χ2v) is 5.83. The van der Waals surface area contributed by atoms with Crippen LogP contribution in [0.4, 0.5) is 11.8 Å². The SMILES string of the molecule is CN(CC1CCCN1)c1cc2nc(-c3ccco3)nn2c(N)n1. The van der Waals surface area contributed by atoms with Gasteiger partial charge in [0, 0.05) is 25.7 Å². The zero-order valence-electron chi connectivity index (χ0n) is 12.9. The van der Waals surface area contributed by atoms with Crippen LogP contribution in [0.5, 0.6) is 0 Å². The summed E-state index contributed by atoms with van der Waals surface area (Å²) in [5.74, 6) is 2.22. The van der Waals surface area contributed by atoms with Gasteiger partial charge >= 0.3 is 0 Å². The van der Waals surface area contributed by atoms with E-state index in [9.17, 15) is 0 Å². The minimum atomic E-state index is 0.314. The topological polar surface area (TPSA) is 97.5 Å². The van der Waals surface area contributed by atoms with E-state index in [0.29, 0.717) is 29.2 Å². The van der Waals surface area contributed by atoms with Gasteiger partial charge in [-0.1, -0.05) is 0 Å². The molecule has 4 rings (SSSR count). The zero-order valence-corrected chi connectivity index (χ0v) is 12.9. The summed E-state index contributed by atoms with van der Waals surface area (Å²) in [5, 5.41) is 7.84. The van der Waals surface area contributed by atoms with Crippen LogP contribution in [0.3, 0.4) is 0 Å². The summed E-state index contributed by atoms with van der Waals surface area (Å²) < 4.78 is 6.87. The van der Waals surface area contributed by atoms with E-state index in [1.807, 2.05) is 19.2 Å². The smallest absolute Gasteiger partial charge is 0.225 e. The molecule has 1 aliphatic heterocycles. The van der Waals surface area contributed by atoms with Crippen molar-refractivity contribution >= 4 is 17.4 Å². The second-order valence-electron chi connectivity index (χ2n) is 5.83. The molecule has 1 atom stereocenters. The van der Waals surface area contributed by atoms with Gasteiger partial charge in [0.25, 0.3) is 0 Å². The van der Waals surface area contributed by atoms with Crippen LogP contribution >= 0.6 is 0 Å². The number of hydrogen-bond donors (Lipinski definition) is 2. The van der Waals surface area contributed by atoms with Crippen molar-refractivity contribution in [2.24, 2.45) is 0 Å². The van der Waals surface area contributed by atoms with Gasteiger partial charge < -0.3 is 20.4 Å². The van der Waals surface area contributed by atoms with Crippen LogP contribution in [0.15, 0.2) is 28.9 Å². The Balaban J connectivity index is 1.65. The fourth-order valence-corrected chi connectivity index (χ4v) is 2.94. The molecule has 1 aliphatic rings. The monoisotopic (exact) mass is 313 g/mol. The summed E-state index contributed by atoms with van der Waals surface area (Å²) in [6.07, 6.45) is 4.01. The maximum atomic E-state index is 6.05. The quantitative estimate of drug-likeness (QED) is 0.745. The molecule has 3 aromatic rings. The van der Waals surface area contributed by atoms with Crippen LogP contribution < -0.4 is 16.0 Å². The first-order chi connectivity index (χ1) is 11.2. The molecule has 0 aromatic carbocycles. The maximum absolute atomic E-state index is 6.05. The molecule has 1 fully saturated rings. The van der Waals surface area contributed by atoms with Crippen LogP contribution in [-0.2, 0) is 0 Å². The van der Waals surface area contributed by atoms with Gasteiger partial charge in [-0.25, -0.2) is 4.98 Å². The minimum absolute atomic E-state index is 0.314. The van der Waals surface area contributed by atoms with Crippen LogP contribution in [0, 0.1) is 0 Å². The fourth-order valence-electron chi connectivity index (χ4n) is 2.94. The molecule has 0 radical (unpaired) electrons. The highest BCUT2D eigenvalue weighted by atomic mass is 16.3. The largest absolute Gasteiger partial charge is 0.461 e. The Labute approximate surface area is 133 Å². The van der Waals surface area contributed by atoms with E-state index < -0.39 is 0 Å². The predicted octanol–water partition coefficient (Wildman–Crippen LogP) is 1.15. The molecule has 4 heterocycles. The molecule has 1 saturated heterocycles. The average molecular weight is 313 g/mol. The van der Waals surface area contributed by atoms with Gasteiger partial charge in [0.1, 0.15) is 5.82 Å². The number of nitrogens with two attached hydrogens (primary N) is 1. The lowest BCUT2D eigenvalue weighted by Crippen LogP contribution is -2.35. The van der Waals surface area contributed by atoms with Gasteiger partial charge in [-0.2, -0.15) is 9.50 Å². The number of likely N-dealkylation sites (N-methyl/N-ethyl adjacent to an activating group) is 1. The van der Waals surface area contributed by atoms with Crippen molar-refractivity contribution in [3.63, 3.8) is 0 Å². The first kappa shape index (κ1) is 14.0. The third kappa shape index (κ3) is 2.61. The molecule has 0 bridgehead atoms. The number of aromatic nitrogens is 4. The maximum Gasteiger partial charge on any atom is 0.225 e. The molecule has 0 saturated carbocycles. The predicted molar refractivity (Wildman–Crippen MR) is 87.2 cm³/mol. The third-order valence-corrected chi connectivity index (χ3v) is 4.13. The summed E-state index contributed by atoms with van der Waals surface area (Å²) in [5.41, 5.74) is 6.70. The Morgan fingerprint density at radius 3 is 3.13 bits per heavy atom. The van der Waals surface area contributed by atoms with E-state index >= 15 is 0 Å². The number of fused-ring (bicyclic) bond motifs is 1. The lowest BCUT2D eigenvalue weighted by atomic mass is 10.2. The number of nitrogen functional groups attached to an aromatic ring is 1. The molecule has 1 unspecified atom stereocenters. The molecule has 8 nitrogen and oxygen atoms in total. The molecule has 3 N–H and O–H groups in total. The number of rotatable bonds is 4. The lowest BCUT2D eigenvalue weighted by molar-refractivity contribution is 0.577. The number of nitrogens with zero attached hydrogens (tertiary/aromatic N) is 5. The van der Waals surface area contributed by atoms with Gasteiger partial charge in [-0.15, -0.1) is 5.10 Å². The zero-order chi connectivity index (χ0) is 15.8. The Kier molecular flexibility index (Phi) is 3.38. The normalized spacial score (nSPS) is 17.9. The first-order valence-corrected chi connectivity index (χ1v) is 7.72. The second kappa shape index (κ2) is 5.54. The molecular weight excluding hydrogens is 294 g/mol. The Bertz CT molecular complexity index is 805. The van der Waals surface area contributed by atoms with Crippen molar-refractivity contribution in [3.8, 4) is 11.6 Å². The van der Waals surface area contributed by atoms with Gasteiger partial charge in [0.15, 0.2) is 11.4 Å². The van der Waals surface area contributed by atoms with Crippen molar-refractivity contribution in [2.45, 2.75) is 18.9 Å². The summed E-state index contributed by atoms with van der Waals surface area (Å²) >= 11 is 0. The summed E-state index contributed by atoms with van der Waals surface area (Å²) in [6.45, 7) is 1.98. The van der Waals surface area contributed by atoms with Crippen molar-refractivity contribution < 1.29 is 4.42 Å². The first-order valence-electron chi connectivity index (χ1n) is 7.72. The Morgan fingerprint density at radius 2 is 2.39 bits per heavy atom. The molecule has 0 aliphatic carbocycles. The highest BCUT2D eigenvalue weighted by molar-refractivity contribution is 5.59. The van der Waals surface area contributed by atoms with E-state index in [1.165, 1.54) is 17.4 Å². The molecule has 23 heavy (non-hydrogen) atoms. The Morgan fingerprint density at radius 1 is 1.48 bits per heavy atom. The van der Waals surface area contributed by atoms with Crippen molar-refractivity contribution in [1.29, 1.82) is 0 Å². The Hall–Kier alpha value is -2.61. The lowest BCUT2D eigenvalue weighted by Gasteiger charge is -2.22. The van der Waals surface area contributed by atoms with Crippen molar-refractivity contribution in [1.82, 2.24) is 24.9 Å². The minimum Gasteiger partial charge on any atom is -0.461 e. The van der Waals surface area contributed by atoms with Crippen molar-refractivity contribution in [3.05, 3.63) is 24.5 Å². The van der Waals surface area contributed by atoms with E-state index in [0.717, 1.165) is 18.9 Å². The molecule has 120 valence electrons. The molecule has 3 aromatic heterocycles.